The first kappa shape index (κ1) is 33.6. The van der Waals surface area contributed by atoms with Crippen LogP contribution in [0, 0.1) is 6.92 Å². The zero-order valence-corrected chi connectivity index (χ0v) is 24.8. The van der Waals surface area contributed by atoms with E-state index in [-0.39, 0.29) is 59.8 Å². The Morgan fingerprint density at radius 3 is 2.40 bits per heavy atom. The number of nitrogens with zero attached hydrogens (tertiary/aromatic N) is 3. The quantitative estimate of drug-likeness (QED) is 0.246. The summed E-state index contributed by atoms with van der Waals surface area (Å²) in [5, 5.41) is 15.6. The molecule has 0 atom stereocenters. The van der Waals surface area contributed by atoms with Crippen LogP contribution in [-0.2, 0) is 11.0 Å². The first-order valence-electron chi connectivity index (χ1n) is 14.0. The number of amides is 2. The molecule has 0 radical (unpaired) electrons. The van der Waals surface area contributed by atoms with Crippen molar-refractivity contribution in [2.75, 3.05) is 25.0 Å². The molecule has 0 bridgehead atoms. The molecule has 0 spiro atoms. The van der Waals surface area contributed by atoms with Gasteiger partial charge in [-0.2, -0.15) is 13.2 Å². The number of hydrogen-bond donors (Lipinski definition) is 3. The average molecular weight is 620 g/mol. The van der Waals surface area contributed by atoms with Gasteiger partial charge in [0.1, 0.15) is 5.82 Å². The van der Waals surface area contributed by atoms with Gasteiger partial charge in [-0.15, -0.1) is 11.3 Å². The van der Waals surface area contributed by atoms with Gasteiger partial charge in [0.15, 0.2) is 5.01 Å². The highest BCUT2D eigenvalue weighted by Crippen LogP contribution is 2.41. The molecule has 0 aromatic carbocycles. The maximum atomic E-state index is 13.9. The highest BCUT2D eigenvalue weighted by Gasteiger charge is 2.36. The Hall–Kier alpha value is -2.87. The molecule has 1 aliphatic carbocycles. The lowest BCUT2D eigenvalue weighted by Gasteiger charge is -2.28. The highest BCUT2D eigenvalue weighted by molar-refractivity contribution is 7.17. The van der Waals surface area contributed by atoms with Crippen LogP contribution in [0.15, 0.2) is 12.3 Å². The number of thiazole rings is 1. The van der Waals surface area contributed by atoms with Crippen LogP contribution in [0.5, 0.6) is 0 Å². The first-order valence-corrected chi connectivity index (χ1v) is 14.8. The summed E-state index contributed by atoms with van der Waals surface area (Å²) in [6, 6.07) is 1.18. The molecule has 2 amide bonds. The summed E-state index contributed by atoms with van der Waals surface area (Å²) >= 11 is 0.904. The van der Waals surface area contributed by atoms with Gasteiger partial charge in [-0.05, 0) is 46.1 Å². The van der Waals surface area contributed by atoms with Gasteiger partial charge in [-0.3, -0.25) is 9.59 Å². The number of carbonyl (C=O) groups excluding carboxylic acids is 2. The van der Waals surface area contributed by atoms with E-state index in [4.69, 9.17) is 0 Å². The topological polar surface area (TPSA) is 107 Å². The Balaban J connectivity index is 0.000000408. The third-order valence-corrected chi connectivity index (χ3v) is 8.29. The number of aryl methyl sites for hydroxylation is 1. The minimum atomic E-state index is -4.58. The van der Waals surface area contributed by atoms with Crippen molar-refractivity contribution in [1.29, 1.82) is 0 Å². The molecule has 4 rings (SSSR count). The number of halogens is 5. The largest absolute Gasteiger partial charge is 0.417 e. The Bertz CT molecular complexity index is 1200. The van der Waals surface area contributed by atoms with Crippen molar-refractivity contribution in [2.24, 2.45) is 0 Å². The molecule has 2 aromatic rings. The summed E-state index contributed by atoms with van der Waals surface area (Å²) in [6.07, 6.45) is 2.33. The standard InChI is InChI=1S/C22H29F3N4O2S.C6H9F2NO/c1-13-18(32-20(28-13)19(30)26-10-9-21(2,3)31)15-12-27-17(11-16(15)22(23,24)25)29-14-7-5-4-6-8-14;7-6(8)1-3-9(5-10)4-2-6/h11-12,14,31H,4-10H2,1-3H3,(H,26,30)(H,27,29);5H,1-4H2. The molecule has 2 aliphatic rings. The smallest absolute Gasteiger partial charge is 0.390 e. The van der Waals surface area contributed by atoms with Crippen molar-refractivity contribution in [2.45, 2.75) is 95.9 Å². The summed E-state index contributed by atoms with van der Waals surface area (Å²) in [6.45, 7) is 5.44. The number of pyridine rings is 1. The molecule has 1 saturated carbocycles. The van der Waals surface area contributed by atoms with Gasteiger partial charge in [-0.25, -0.2) is 18.7 Å². The van der Waals surface area contributed by atoms with Gasteiger partial charge in [0.2, 0.25) is 6.41 Å². The van der Waals surface area contributed by atoms with E-state index < -0.39 is 29.2 Å². The number of aromatic nitrogens is 2. The Labute approximate surface area is 246 Å². The number of nitrogens with one attached hydrogen (secondary N) is 2. The number of piperidine rings is 1. The maximum Gasteiger partial charge on any atom is 0.417 e. The molecular weight excluding hydrogens is 581 g/mol. The summed E-state index contributed by atoms with van der Waals surface area (Å²) in [7, 11) is 0. The van der Waals surface area contributed by atoms with Gasteiger partial charge in [-0.1, -0.05) is 19.3 Å². The predicted octanol–water partition coefficient (Wildman–Crippen LogP) is 6.04. The number of carbonyl (C=O) groups is 2. The van der Waals surface area contributed by atoms with Crippen molar-refractivity contribution >= 4 is 29.5 Å². The predicted molar refractivity (Wildman–Crippen MR) is 151 cm³/mol. The summed E-state index contributed by atoms with van der Waals surface area (Å²) in [4.78, 5) is 32.5. The van der Waals surface area contributed by atoms with Gasteiger partial charge in [0, 0.05) is 50.3 Å². The molecule has 14 heteroatoms. The van der Waals surface area contributed by atoms with E-state index in [9.17, 15) is 36.6 Å². The number of aliphatic hydroxyl groups is 1. The second kappa shape index (κ2) is 14.1. The summed E-state index contributed by atoms with van der Waals surface area (Å²) < 4.78 is 66.4. The normalized spacial score (nSPS) is 17.7. The molecule has 3 N–H and O–H groups in total. The summed E-state index contributed by atoms with van der Waals surface area (Å²) in [5.41, 5.74) is -1.48. The van der Waals surface area contributed by atoms with E-state index in [1.54, 1.807) is 20.8 Å². The fraction of sp³-hybridized carbons (Fsp3) is 0.643. The molecule has 0 unspecified atom stereocenters. The van der Waals surface area contributed by atoms with E-state index in [0.29, 0.717) is 18.5 Å². The lowest BCUT2D eigenvalue weighted by Crippen LogP contribution is -2.38. The minimum Gasteiger partial charge on any atom is -0.390 e. The molecule has 234 valence electrons. The van der Waals surface area contributed by atoms with Crippen molar-refractivity contribution < 1.29 is 36.6 Å². The van der Waals surface area contributed by atoms with E-state index >= 15 is 0 Å². The highest BCUT2D eigenvalue weighted by atomic mass is 32.1. The molecule has 1 aliphatic heterocycles. The molecule has 2 fully saturated rings. The first-order chi connectivity index (χ1) is 19.6. The molecule has 3 heterocycles. The van der Waals surface area contributed by atoms with Gasteiger partial charge >= 0.3 is 6.18 Å². The van der Waals surface area contributed by atoms with Crippen LogP contribution in [0.3, 0.4) is 0 Å². The van der Waals surface area contributed by atoms with Crippen LogP contribution < -0.4 is 10.6 Å². The monoisotopic (exact) mass is 619 g/mol. The SMILES string of the molecule is Cc1nc(C(=O)NCCC(C)(C)O)sc1-c1cnc(NC2CCCCC2)cc1C(F)(F)F.O=CN1CCC(F)(F)CC1. The second-order valence-electron chi connectivity index (χ2n) is 11.3. The van der Waals surface area contributed by atoms with Crippen LogP contribution in [0.4, 0.5) is 27.8 Å². The summed E-state index contributed by atoms with van der Waals surface area (Å²) in [5.74, 6) is -2.81. The van der Waals surface area contributed by atoms with Crippen LogP contribution in [-0.4, -0.2) is 69.5 Å². The van der Waals surface area contributed by atoms with Crippen LogP contribution in [0.2, 0.25) is 0 Å². The minimum absolute atomic E-state index is 0.0748. The third kappa shape index (κ3) is 10.1. The average Bonchev–Trinajstić information content (AvgIpc) is 3.30. The zero-order valence-electron chi connectivity index (χ0n) is 24.0. The van der Waals surface area contributed by atoms with Crippen LogP contribution in [0.25, 0.3) is 10.4 Å². The fourth-order valence-electron chi connectivity index (χ4n) is 4.66. The number of rotatable bonds is 8. The van der Waals surface area contributed by atoms with E-state index in [0.717, 1.165) is 49.5 Å². The van der Waals surface area contributed by atoms with Crippen molar-refractivity contribution in [3.63, 3.8) is 0 Å². The van der Waals surface area contributed by atoms with Gasteiger partial charge in [0.25, 0.3) is 11.8 Å². The molecular formula is C28H38F5N5O3S. The molecule has 1 saturated heterocycles. The van der Waals surface area contributed by atoms with Crippen molar-refractivity contribution in [3.05, 3.63) is 28.5 Å². The number of alkyl halides is 5. The Kier molecular flexibility index (Phi) is 11.3. The van der Waals surface area contributed by atoms with Crippen molar-refractivity contribution in [1.82, 2.24) is 20.2 Å². The van der Waals surface area contributed by atoms with Gasteiger partial charge in [0.05, 0.1) is 21.7 Å². The van der Waals surface area contributed by atoms with E-state index in [1.165, 1.54) is 11.1 Å². The number of anilines is 1. The maximum absolute atomic E-state index is 13.9. The third-order valence-electron chi connectivity index (χ3n) is 7.10. The molecule has 2 aromatic heterocycles. The lowest BCUT2D eigenvalue weighted by atomic mass is 9.95. The number of hydrogen-bond acceptors (Lipinski definition) is 7. The van der Waals surface area contributed by atoms with Crippen molar-refractivity contribution in [3.8, 4) is 10.4 Å². The van der Waals surface area contributed by atoms with E-state index in [1.807, 2.05) is 0 Å². The number of likely N-dealkylation sites (tertiary alicyclic amines) is 1. The Morgan fingerprint density at radius 1 is 1.19 bits per heavy atom. The molecule has 42 heavy (non-hydrogen) atoms. The van der Waals surface area contributed by atoms with Gasteiger partial charge < -0.3 is 20.6 Å². The Morgan fingerprint density at radius 2 is 1.83 bits per heavy atom. The van der Waals surface area contributed by atoms with Crippen LogP contribution >= 0.6 is 11.3 Å². The second-order valence-corrected chi connectivity index (χ2v) is 12.3. The zero-order chi connectivity index (χ0) is 31.1. The molecule has 8 nitrogen and oxygen atoms in total. The van der Waals surface area contributed by atoms with Crippen LogP contribution in [0.1, 0.15) is 86.3 Å². The lowest BCUT2D eigenvalue weighted by molar-refractivity contribution is -0.137. The fourth-order valence-corrected chi connectivity index (χ4v) is 5.67. The van der Waals surface area contributed by atoms with E-state index in [2.05, 4.69) is 20.6 Å².